The third kappa shape index (κ3) is 4.64. The van der Waals surface area contributed by atoms with Gasteiger partial charge in [0.25, 0.3) is 0 Å². The Balaban J connectivity index is 1.44. The van der Waals surface area contributed by atoms with Crippen LogP contribution in [0.3, 0.4) is 0 Å². The smallest absolute Gasteiger partial charge is 0.234 e. The Kier molecular flexibility index (Phi) is 5.59. The molecule has 0 aliphatic carbocycles. The number of nitrogens with zero attached hydrogens (tertiary/aromatic N) is 4. The summed E-state index contributed by atoms with van der Waals surface area (Å²) in [6.07, 6.45) is 7.99. The molecule has 1 aliphatic rings. The number of carbonyl (C=O) groups is 1. The number of amides is 1. The molecule has 1 fully saturated rings. The van der Waals surface area contributed by atoms with Crippen LogP contribution in [0.2, 0.25) is 0 Å². The second-order valence-electron chi connectivity index (χ2n) is 6.47. The van der Waals surface area contributed by atoms with E-state index >= 15 is 0 Å². The van der Waals surface area contributed by atoms with Gasteiger partial charge in [-0.25, -0.2) is 4.98 Å². The number of carbonyl (C=O) groups excluding carboxylic acids is 1. The monoisotopic (exact) mass is 327 g/mol. The molecule has 128 valence electrons. The fourth-order valence-corrected chi connectivity index (χ4v) is 3.27. The molecule has 2 aromatic heterocycles. The molecule has 1 amide bonds. The summed E-state index contributed by atoms with van der Waals surface area (Å²) in [5, 5.41) is 2.96. The number of rotatable bonds is 6. The third-order valence-electron chi connectivity index (χ3n) is 4.54. The highest BCUT2D eigenvalue weighted by molar-refractivity contribution is 5.77. The van der Waals surface area contributed by atoms with Crippen LogP contribution >= 0.6 is 0 Å². The van der Waals surface area contributed by atoms with Gasteiger partial charge in [0.05, 0.1) is 18.8 Å². The van der Waals surface area contributed by atoms with Crippen LogP contribution in [0.5, 0.6) is 0 Å². The zero-order valence-corrected chi connectivity index (χ0v) is 14.2. The van der Waals surface area contributed by atoms with Crippen molar-refractivity contribution in [3.8, 4) is 0 Å². The number of aromatic nitrogens is 3. The van der Waals surface area contributed by atoms with E-state index in [1.165, 1.54) is 6.42 Å². The molecule has 6 heteroatoms. The summed E-state index contributed by atoms with van der Waals surface area (Å²) in [7, 11) is 0. The van der Waals surface area contributed by atoms with Gasteiger partial charge in [0, 0.05) is 31.7 Å². The van der Waals surface area contributed by atoms with E-state index in [-0.39, 0.29) is 5.91 Å². The Morgan fingerprint density at radius 3 is 3.00 bits per heavy atom. The van der Waals surface area contributed by atoms with Gasteiger partial charge < -0.3 is 9.88 Å². The Hall–Kier alpha value is -2.21. The van der Waals surface area contributed by atoms with E-state index < -0.39 is 0 Å². The van der Waals surface area contributed by atoms with Gasteiger partial charge in [-0.05, 0) is 44.4 Å². The van der Waals surface area contributed by atoms with Gasteiger partial charge in [0.15, 0.2) is 0 Å². The number of hydrogen-bond acceptors (Lipinski definition) is 4. The Morgan fingerprint density at radius 1 is 1.33 bits per heavy atom. The maximum atomic E-state index is 12.2. The van der Waals surface area contributed by atoms with E-state index in [0.717, 1.165) is 37.6 Å². The van der Waals surface area contributed by atoms with Gasteiger partial charge in [-0.3, -0.25) is 14.7 Å². The molecule has 3 rings (SSSR count). The van der Waals surface area contributed by atoms with Gasteiger partial charge in [-0.1, -0.05) is 6.07 Å². The SMILES string of the molecule is Cc1nccn1C[C@@H]1CCCN(CC(=O)NCc2ccccn2)C1. The summed E-state index contributed by atoms with van der Waals surface area (Å²) >= 11 is 0. The van der Waals surface area contributed by atoms with Crippen LogP contribution in [-0.2, 0) is 17.9 Å². The van der Waals surface area contributed by atoms with E-state index in [1.807, 2.05) is 37.5 Å². The first-order chi connectivity index (χ1) is 11.7. The lowest BCUT2D eigenvalue weighted by Crippen LogP contribution is -2.43. The van der Waals surface area contributed by atoms with E-state index in [9.17, 15) is 4.79 Å². The van der Waals surface area contributed by atoms with Crippen molar-refractivity contribution in [2.24, 2.45) is 5.92 Å². The largest absolute Gasteiger partial charge is 0.349 e. The number of aryl methyl sites for hydroxylation is 1. The van der Waals surface area contributed by atoms with Crippen LogP contribution in [0.1, 0.15) is 24.4 Å². The normalized spacial score (nSPS) is 18.5. The van der Waals surface area contributed by atoms with Crippen LogP contribution in [0, 0.1) is 12.8 Å². The van der Waals surface area contributed by atoms with Crippen LogP contribution in [-0.4, -0.2) is 45.0 Å². The van der Waals surface area contributed by atoms with Gasteiger partial charge in [-0.2, -0.15) is 0 Å². The highest BCUT2D eigenvalue weighted by Gasteiger charge is 2.22. The molecule has 24 heavy (non-hydrogen) atoms. The van der Waals surface area contributed by atoms with Crippen LogP contribution in [0.25, 0.3) is 0 Å². The Bertz CT molecular complexity index is 654. The lowest BCUT2D eigenvalue weighted by Gasteiger charge is -2.32. The van der Waals surface area contributed by atoms with Gasteiger partial charge in [0.2, 0.25) is 5.91 Å². The zero-order chi connectivity index (χ0) is 16.8. The average molecular weight is 327 g/mol. The molecule has 1 aliphatic heterocycles. The Morgan fingerprint density at radius 2 is 2.25 bits per heavy atom. The summed E-state index contributed by atoms with van der Waals surface area (Å²) < 4.78 is 2.20. The molecular weight excluding hydrogens is 302 g/mol. The molecule has 3 heterocycles. The number of imidazole rings is 1. The van der Waals surface area contributed by atoms with Gasteiger partial charge >= 0.3 is 0 Å². The minimum absolute atomic E-state index is 0.0696. The molecule has 0 bridgehead atoms. The molecule has 1 saturated heterocycles. The van der Waals surface area contributed by atoms with Crippen LogP contribution < -0.4 is 5.32 Å². The Labute approximate surface area is 142 Å². The highest BCUT2D eigenvalue weighted by Crippen LogP contribution is 2.18. The number of nitrogens with one attached hydrogen (secondary N) is 1. The highest BCUT2D eigenvalue weighted by atomic mass is 16.2. The minimum Gasteiger partial charge on any atom is -0.349 e. The van der Waals surface area contributed by atoms with Crippen molar-refractivity contribution in [1.29, 1.82) is 0 Å². The molecule has 1 N–H and O–H groups in total. The standard InChI is InChI=1S/C18H25N5O/c1-15-19-8-10-23(15)13-16-5-4-9-22(12-16)14-18(24)21-11-17-6-2-3-7-20-17/h2-3,6-8,10,16H,4-5,9,11-14H2,1H3,(H,21,24)/t16-/m1/s1. The molecular formula is C18H25N5O. The molecule has 0 unspecified atom stereocenters. The van der Waals surface area contributed by atoms with Crippen LogP contribution in [0.4, 0.5) is 0 Å². The van der Waals surface area contributed by atoms with E-state index in [4.69, 9.17) is 0 Å². The lowest BCUT2D eigenvalue weighted by atomic mass is 9.98. The average Bonchev–Trinajstić information content (AvgIpc) is 2.99. The minimum atomic E-state index is 0.0696. The van der Waals surface area contributed by atoms with Crippen molar-refractivity contribution < 1.29 is 4.79 Å². The number of likely N-dealkylation sites (tertiary alicyclic amines) is 1. The van der Waals surface area contributed by atoms with Gasteiger partial charge in [0.1, 0.15) is 5.82 Å². The van der Waals surface area contributed by atoms with Crippen molar-refractivity contribution in [1.82, 2.24) is 24.8 Å². The van der Waals surface area contributed by atoms with E-state index in [2.05, 4.69) is 24.8 Å². The summed E-state index contributed by atoms with van der Waals surface area (Å²) in [6, 6.07) is 5.73. The summed E-state index contributed by atoms with van der Waals surface area (Å²) in [4.78, 5) is 22.9. The van der Waals surface area contributed by atoms with Crippen molar-refractivity contribution >= 4 is 5.91 Å². The summed E-state index contributed by atoms with van der Waals surface area (Å²) in [5.41, 5.74) is 0.887. The predicted octanol–water partition coefficient (Wildman–Crippen LogP) is 1.61. The second-order valence-corrected chi connectivity index (χ2v) is 6.47. The van der Waals surface area contributed by atoms with Crippen molar-refractivity contribution in [3.05, 3.63) is 48.3 Å². The van der Waals surface area contributed by atoms with Crippen LogP contribution in [0.15, 0.2) is 36.8 Å². The fourth-order valence-electron chi connectivity index (χ4n) is 3.27. The molecule has 0 radical (unpaired) electrons. The zero-order valence-electron chi connectivity index (χ0n) is 14.2. The summed E-state index contributed by atoms with van der Waals surface area (Å²) in [5.74, 6) is 1.70. The first-order valence-corrected chi connectivity index (χ1v) is 8.57. The molecule has 0 aromatic carbocycles. The third-order valence-corrected chi connectivity index (χ3v) is 4.54. The van der Waals surface area contributed by atoms with Crippen molar-refractivity contribution in [2.75, 3.05) is 19.6 Å². The van der Waals surface area contributed by atoms with E-state index in [0.29, 0.717) is 19.0 Å². The maximum absolute atomic E-state index is 12.2. The quantitative estimate of drug-likeness (QED) is 0.876. The van der Waals surface area contributed by atoms with E-state index in [1.54, 1.807) is 6.20 Å². The molecule has 6 nitrogen and oxygen atoms in total. The van der Waals surface area contributed by atoms with Crippen molar-refractivity contribution in [2.45, 2.75) is 32.9 Å². The first-order valence-electron chi connectivity index (χ1n) is 8.57. The molecule has 1 atom stereocenters. The maximum Gasteiger partial charge on any atom is 0.234 e. The number of piperidine rings is 1. The lowest BCUT2D eigenvalue weighted by molar-refractivity contribution is -0.122. The summed E-state index contributed by atoms with van der Waals surface area (Å²) in [6.45, 7) is 5.94. The number of pyridine rings is 1. The first kappa shape index (κ1) is 16.6. The topological polar surface area (TPSA) is 63.1 Å². The van der Waals surface area contributed by atoms with Gasteiger partial charge in [-0.15, -0.1) is 0 Å². The second kappa shape index (κ2) is 8.06. The molecule has 0 spiro atoms. The molecule has 2 aromatic rings. The molecule has 0 saturated carbocycles. The predicted molar refractivity (Wildman–Crippen MR) is 92.2 cm³/mol. The fraction of sp³-hybridized carbons (Fsp3) is 0.500. The van der Waals surface area contributed by atoms with Crippen molar-refractivity contribution in [3.63, 3.8) is 0 Å². The number of hydrogen-bond donors (Lipinski definition) is 1.